The second kappa shape index (κ2) is 8.50. The van der Waals surface area contributed by atoms with Gasteiger partial charge < -0.3 is 14.8 Å². The molecule has 1 aromatic carbocycles. The number of nitrogens with one attached hydrogen (secondary N) is 1. The summed E-state index contributed by atoms with van der Waals surface area (Å²) in [6, 6.07) is 6.46. The standard InChI is InChI=1S/C22H28N4O2/c1-3-27-18-12-8-11-17(21(18)28-4-2)20-22(24-16-9-6-5-7-10-16)26-14-13-23-15-19(26)25-20/h8,11-16,24H,3-7,9-10H2,1-2H3. The molecule has 1 fully saturated rings. The van der Waals surface area contributed by atoms with Crippen molar-refractivity contribution in [3.63, 3.8) is 0 Å². The third-order valence-corrected chi connectivity index (χ3v) is 5.20. The highest BCUT2D eigenvalue weighted by Gasteiger charge is 2.23. The van der Waals surface area contributed by atoms with Crippen LogP contribution in [0.1, 0.15) is 46.0 Å². The van der Waals surface area contributed by atoms with E-state index in [9.17, 15) is 0 Å². The number of benzene rings is 1. The molecule has 0 bridgehead atoms. The third kappa shape index (κ3) is 3.63. The van der Waals surface area contributed by atoms with Gasteiger partial charge in [0, 0.05) is 24.0 Å². The number of fused-ring (bicyclic) bond motifs is 1. The van der Waals surface area contributed by atoms with Crippen LogP contribution in [-0.4, -0.2) is 33.6 Å². The van der Waals surface area contributed by atoms with Crippen LogP contribution >= 0.6 is 0 Å². The maximum Gasteiger partial charge on any atom is 0.170 e. The van der Waals surface area contributed by atoms with Gasteiger partial charge in [0.05, 0.1) is 19.4 Å². The number of hydrogen-bond acceptors (Lipinski definition) is 5. The number of para-hydroxylation sites is 1. The lowest BCUT2D eigenvalue weighted by Gasteiger charge is -2.24. The number of aromatic nitrogens is 3. The van der Waals surface area contributed by atoms with E-state index in [4.69, 9.17) is 14.5 Å². The van der Waals surface area contributed by atoms with E-state index in [1.165, 1.54) is 32.1 Å². The number of hydrogen-bond donors (Lipinski definition) is 1. The Labute approximate surface area is 165 Å². The maximum atomic E-state index is 6.00. The van der Waals surface area contributed by atoms with Gasteiger partial charge >= 0.3 is 0 Å². The van der Waals surface area contributed by atoms with Crippen LogP contribution in [-0.2, 0) is 0 Å². The Hall–Kier alpha value is -2.76. The minimum Gasteiger partial charge on any atom is -0.490 e. The molecule has 3 aromatic rings. The van der Waals surface area contributed by atoms with Crippen LogP contribution in [0.15, 0.2) is 36.8 Å². The van der Waals surface area contributed by atoms with E-state index in [1.54, 1.807) is 12.4 Å². The zero-order valence-electron chi connectivity index (χ0n) is 16.6. The molecule has 4 rings (SSSR count). The highest BCUT2D eigenvalue weighted by atomic mass is 16.5. The van der Waals surface area contributed by atoms with Crippen LogP contribution in [0, 0.1) is 0 Å². The first-order valence-corrected chi connectivity index (χ1v) is 10.3. The van der Waals surface area contributed by atoms with Gasteiger partial charge in [-0.1, -0.05) is 25.3 Å². The first-order chi connectivity index (χ1) is 13.8. The Bertz CT molecular complexity index is 931. The molecule has 0 amide bonds. The Morgan fingerprint density at radius 3 is 2.71 bits per heavy atom. The normalized spacial score (nSPS) is 14.9. The lowest BCUT2D eigenvalue weighted by molar-refractivity contribution is 0.289. The van der Waals surface area contributed by atoms with Gasteiger partial charge in [-0.3, -0.25) is 9.38 Å². The molecule has 2 aromatic heterocycles. The van der Waals surface area contributed by atoms with Crippen molar-refractivity contribution < 1.29 is 9.47 Å². The average Bonchev–Trinajstić information content (AvgIpc) is 3.09. The monoisotopic (exact) mass is 380 g/mol. The molecule has 1 saturated carbocycles. The van der Waals surface area contributed by atoms with Gasteiger partial charge in [0.25, 0.3) is 0 Å². The zero-order valence-corrected chi connectivity index (χ0v) is 16.6. The topological polar surface area (TPSA) is 60.7 Å². The number of rotatable bonds is 7. The summed E-state index contributed by atoms with van der Waals surface area (Å²) in [7, 11) is 0. The van der Waals surface area contributed by atoms with Crippen LogP contribution in [0.5, 0.6) is 11.5 Å². The summed E-state index contributed by atoms with van der Waals surface area (Å²) in [4.78, 5) is 9.14. The van der Waals surface area contributed by atoms with Gasteiger partial charge in [0.15, 0.2) is 17.1 Å². The van der Waals surface area contributed by atoms with E-state index in [2.05, 4.69) is 20.8 Å². The molecule has 0 unspecified atom stereocenters. The van der Waals surface area contributed by atoms with Crippen LogP contribution in [0.2, 0.25) is 0 Å². The molecule has 0 atom stereocenters. The molecule has 6 nitrogen and oxygen atoms in total. The first-order valence-electron chi connectivity index (χ1n) is 10.3. The zero-order chi connectivity index (χ0) is 19.3. The van der Waals surface area contributed by atoms with Crippen molar-refractivity contribution >= 4 is 11.5 Å². The van der Waals surface area contributed by atoms with E-state index >= 15 is 0 Å². The van der Waals surface area contributed by atoms with Gasteiger partial charge in [-0.25, -0.2) is 4.98 Å². The van der Waals surface area contributed by atoms with Crippen LogP contribution < -0.4 is 14.8 Å². The third-order valence-electron chi connectivity index (χ3n) is 5.20. The van der Waals surface area contributed by atoms with Crippen molar-refractivity contribution in [1.29, 1.82) is 0 Å². The van der Waals surface area contributed by atoms with E-state index in [-0.39, 0.29) is 0 Å². The molecular weight excluding hydrogens is 352 g/mol. The molecule has 1 aliphatic carbocycles. The van der Waals surface area contributed by atoms with E-state index in [1.807, 2.05) is 32.2 Å². The Kier molecular flexibility index (Phi) is 5.65. The molecule has 148 valence electrons. The van der Waals surface area contributed by atoms with Crippen molar-refractivity contribution in [2.24, 2.45) is 0 Å². The molecule has 28 heavy (non-hydrogen) atoms. The molecule has 0 aliphatic heterocycles. The second-order valence-corrected chi connectivity index (χ2v) is 7.09. The van der Waals surface area contributed by atoms with Gasteiger partial charge in [-0.05, 0) is 38.8 Å². The SMILES string of the molecule is CCOc1cccc(-c2nc3cnccn3c2NC2CCCCC2)c1OCC. The maximum absolute atomic E-state index is 6.00. The summed E-state index contributed by atoms with van der Waals surface area (Å²) >= 11 is 0. The fraction of sp³-hybridized carbons (Fsp3) is 0.455. The first kappa shape index (κ1) is 18.6. The quantitative estimate of drug-likeness (QED) is 0.629. The molecule has 2 heterocycles. The van der Waals surface area contributed by atoms with Gasteiger partial charge in [-0.2, -0.15) is 0 Å². The number of ether oxygens (including phenoxy) is 2. The summed E-state index contributed by atoms with van der Waals surface area (Å²) in [5, 5.41) is 3.77. The Morgan fingerprint density at radius 1 is 1.11 bits per heavy atom. The van der Waals surface area contributed by atoms with E-state index in [0.29, 0.717) is 19.3 Å². The molecule has 1 aliphatic rings. The van der Waals surface area contributed by atoms with Gasteiger partial charge in [0.1, 0.15) is 11.5 Å². The molecule has 0 saturated heterocycles. The molecule has 0 radical (unpaired) electrons. The van der Waals surface area contributed by atoms with Crippen molar-refractivity contribution in [2.75, 3.05) is 18.5 Å². The minimum atomic E-state index is 0.464. The molecule has 0 spiro atoms. The minimum absolute atomic E-state index is 0.464. The predicted molar refractivity (Wildman–Crippen MR) is 111 cm³/mol. The van der Waals surface area contributed by atoms with Crippen molar-refractivity contribution in [3.05, 3.63) is 36.8 Å². The lowest BCUT2D eigenvalue weighted by atomic mass is 9.95. The highest BCUT2D eigenvalue weighted by Crippen LogP contribution is 2.41. The smallest absolute Gasteiger partial charge is 0.170 e. The van der Waals surface area contributed by atoms with Crippen molar-refractivity contribution in [2.45, 2.75) is 52.0 Å². The van der Waals surface area contributed by atoms with Gasteiger partial charge in [-0.15, -0.1) is 0 Å². The molecule has 1 N–H and O–H groups in total. The number of imidazole rings is 1. The fourth-order valence-electron chi connectivity index (χ4n) is 3.94. The highest BCUT2D eigenvalue weighted by molar-refractivity contribution is 5.82. The van der Waals surface area contributed by atoms with E-state index in [0.717, 1.165) is 34.2 Å². The van der Waals surface area contributed by atoms with Crippen molar-refractivity contribution in [1.82, 2.24) is 14.4 Å². The summed E-state index contributed by atoms with van der Waals surface area (Å²) in [6.45, 7) is 5.12. The summed E-state index contributed by atoms with van der Waals surface area (Å²) in [5.41, 5.74) is 2.64. The van der Waals surface area contributed by atoms with Crippen molar-refractivity contribution in [3.8, 4) is 22.8 Å². The van der Waals surface area contributed by atoms with Gasteiger partial charge in [0.2, 0.25) is 0 Å². The van der Waals surface area contributed by atoms with E-state index < -0.39 is 0 Å². The summed E-state index contributed by atoms with van der Waals surface area (Å²) < 4.78 is 13.9. The lowest BCUT2D eigenvalue weighted by Crippen LogP contribution is -2.23. The number of nitrogens with zero attached hydrogens (tertiary/aromatic N) is 3. The summed E-state index contributed by atoms with van der Waals surface area (Å²) in [5.74, 6) is 2.49. The number of anilines is 1. The fourth-order valence-corrected chi connectivity index (χ4v) is 3.94. The molecular formula is C22H28N4O2. The summed E-state index contributed by atoms with van der Waals surface area (Å²) in [6.07, 6.45) is 11.8. The Morgan fingerprint density at radius 2 is 1.93 bits per heavy atom. The Balaban J connectivity index is 1.84. The van der Waals surface area contributed by atoms with Crippen LogP contribution in [0.3, 0.4) is 0 Å². The van der Waals surface area contributed by atoms with Crippen LogP contribution in [0.25, 0.3) is 16.9 Å². The average molecular weight is 380 g/mol. The van der Waals surface area contributed by atoms with Crippen LogP contribution in [0.4, 0.5) is 5.82 Å². The predicted octanol–water partition coefficient (Wildman–Crippen LogP) is 4.94. The largest absolute Gasteiger partial charge is 0.490 e. The molecule has 6 heteroatoms. The second-order valence-electron chi connectivity index (χ2n) is 7.09.